The Kier molecular flexibility index (Phi) is 4.15. The van der Waals surface area contributed by atoms with Gasteiger partial charge < -0.3 is 4.90 Å². The Balaban J connectivity index is 2.00. The number of aromatic nitrogens is 3. The molecule has 0 atom stereocenters. The van der Waals surface area contributed by atoms with Gasteiger partial charge in [-0.25, -0.2) is 4.68 Å². The summed E-state index contributed by atoms with van der Waals surface area (Å²) in [5.41, 5.74) is 4.81. The molecule has 0 aliphatic carbocycles. The fourth-order valence-corrected chi connectivity index (χ4v) is 2.41. The predicted octanol–water partition coefficient (Wildman–Crippen LogP) is 3.68. The summed E-state index contributed by atoms with van der Waals surface area (Å²) in [5, 5.41) is 4.66. The Morgan fingerprint density at radius 2 is 1.43 bits per heavy atom. The van der Waals surface area contributed by atoms with E-state index in [1.165, 1.54) is 16.7 Å². The summed E-state index contributed by atoms with van der Waals surface area (Å²) in [7, 11) is 3.93. The summed E-state index contributed by atoms with van der Waals surface area (Å²) >= 11 is 0. The predicted molar refractivity (Wildman–Crippen MR) is 94.8 cm³/mol. The van der Waals surface area contributed by atoms with E-state index >= 15 is 0 Å². The van der Waals surface area contributed by atoms with E-state index < -0.39 is 0 Å². The van der Waals surface area contributed by atoms with Gasteiger partial charge in [-0.1, -0.05) is 59.7 Å². The Morgan fingerprint density at radius 1 is 0.870 bits per heavy atom. The number of rotatable bonds is 4. The molecule has 0 N–H and O–H groups in total. The average molecular weight is 306 g/mol. The number of hydrogen-bond acceptors (Lipinski definition) is 3. The highest BCUT2D eigenvalue weighted by atomic mass is 15.4. The van der Waals surface area contributed by atoms with Crippen molar-refractivity contribution in [1.82, 2.24) is 14.8 Å². The van der Waals surface area contributed by atoms with Crippen LogP contribution in [-0.2, 0) is 6.54 Å². The Hall–Kier alpha value is -2.62. The number of aryl methyl sites for hydroxylation is 2. The van der Waals surface area contributed by atoms with Crippen molar-refractivity contribution in [3.8, 4) is 11.4 Å². The van der Waals surface area contributed by atoms with Gasteiger partial charge in [0, 0.05) is 19.7 Å². The van der Waals surface area contributed by atoms with Gasteiger partial charge in [0.1, 0.15) is 0 Å². The fourth-order valence-electron chi connectivity index (χ4n) is 2.41. The second-order valence-corrected chi connectivity index (χ2v) is 6.14. The maximum atomic E-state index is 4.70. The zero-order valence-electron chi connectivity index (χ0n) is 14.1. The molecule has 0 bridgehead atoms. The summed E-state index contributed by atoms with van der Waals surface area (Å²) in [6, 6.07) is 17.0. The molecule has 23 heavy (non-hydrogen) atoms. The molecule has 1 heterocycles. The van der Waals surface area contributed by atoms with E-state index in [9.17, 15) is 0 Å². The molecule has 0 unspecified atom stereocenters. The minimum absolute atomic E-state index is 0.713. The van der Waals surface area contributed by atoms with Crippen LogP contribution in [0.3, 0.4) is 0 Å². The van der Waals surface area contributed by atoms with Crippen LogP contribution in [0.25, 0.3) is 11.4 Å². The van der Waals surface area contributed by atoms with Gasteiger partial charge in [0.2, 0.25) is 5.95 Å². The lowest BCUT2D eigenvalue weighted by Gasteiger charge is -2.07. The first-order valence-electron chi connectivity index (χ1n) is 7.77. The van der Waals surface area contributed by atoms with Crippen LogP contribution in [0.15, 0.2) is 48.5 Å². The van der Waals surface area contributed by atoms with Crippen molar-refractivity contribution >= 4 is 5.95 Å². The molecule has 3 rings (SSSR count). The van der Waals surface area contributed by atoms with E-state index in [0.717, 1.165) is 17.3 Å². The van der Waals surface area contributed by atoms with Gasteiger partial charge in [-0.3, -0.25) is 0 Å². The third-order valence-corrected chi connectivity index (χ3v) is 3.82. The van der Waals surface area contributed by atoms with Gasteiger partial charge in [0.05, 0.1) is 6.54 Å². The van der Waals surface area contributed by atoms with Gasteiger partial charge in [-0.2, -0.15) is 4.98 Å². The van der Waals surface area contributed by atoms with Gasteiger partial charge in [-0.05, 0) is 19.4 Å². The van der Waals surface area contributed by atoms with Gasteiger partial charge in [0.15, 0.2) is 5.82 Å². The molecule has 4 heteroatoms. The Bertz CT molecular complexity index is 783. The van der Waals surface area contributed by atoms with Gasteiger partial charge in [0.25, 0.3) is 0 Å². The molecule has 2 aromatic carbocycles. The van der Waals surface area contributed by atoms with Crippen molar-refractivity contribution in [3.05, 3.63) is 65.2 Å². The molecule has 118 valence electrons. The van der Waals surface area contributed by atoms with Crippen LogP contribution in [0.2, 0.25) is 0 Å². The summed E-state index contributed by atoms with van der Waals surface area (Å²) in [6.07, 6.45) is 0. The summed E-state index contributed by atoms with van der Waals surface area (Å²) in [6.45, 7) is 4.90. The second kappa shape index (κ2) is 6.24. The molecule has 0 spiro atoms. The molecule has 0 saturated carbocycles. The van der Waals surface area contributed by atoms with Crippen LogP contribution in [0.1, 0.15) is 16.7 Å². The first-order valence-corrected chi connectivity index (χ1v) is 7.77. The fraction of sp³-hybridized carbons (Fsp3) is 0.263. The highest BCUT2D eigenvalue weighted by Gasteiger charge is 2.13. The van der Waals surface area contributed by atoms with E-state index in [0.29, 0.717) is 6.54 Å². The lowest BCUT2D eigenvalue weighted by atomic mass is 10.1. The first kappa shape index (κ1) is 15.3. The molecule has 0 radical (unpaired) electrons. The number of anilines is 1. The summed E-state index contributed by atoms with van der Waals surface area (Å²) in [4.78, 5) is 6.63. The third-order valence-electron chi connectivity index (χ3n) is 3.82. The number of benzene rings is 2. The third kappa shape index (κ3) is 3.42. The van der Waals surface area contributed by atoms with Crippen molar-refractivity contribution in [1.29, 1.82) is 0 Å². The monoisotopic (exact) mass is 306 g/mol. The molecule has 0 fully saturated rings. The molecule has 1 aromatic heterocycles. The van der Waals surface area contributed by atoms with Crippen molar-refractivity contribution in [2.24, 2.45) is 0 Å². The zero-order chi connectivity index (χ0) is 16.4. The van der Waals surface area contributed by atoms with Gasteiger partial charge in [-0.15, -0.1) is 5.10 Å². The second-order valence-electron chi connectivity index (χ2n) is 6.14. The lowest BCUT2D eigenvalue weighted by molar-refractivity contribution is 0.691. The topological polar surface area (TPSA) is 34.0 Å². The summed E-state index contributed by atoms with van der Waals surface area (Å²) < 4.78 is 1.98. The minimum atomic E-state index is 0.713. The SMILES string of the molecule is Cc1ccc(Cn2nc(N(C)C)nc2-c2ccc(C)cc2)cc1. The number of nitrogens with zero attached hydrogens (tertiary/aromatic N) is 4. The molecular weight excluding hydrogens is 284 g/mol. The van der Waals surface area contributed by atoms with Crippen molar-refractivity contribution in [3.63, 3.8) is 0 Å². The maximum Gasteiger partial charge on any atom is 0.244 e. The normalized spacial score (nSPS) is 10.8. The average Bonchev–Trinajstić information content (AvgIpc) is 2.94. The first-order chi connectivity index (χ1) is 11.0. The highest BCUT2D eigenvalue weighted by Crippen LogP contribution is 2.21. The van der Waals surface area contributed by atoms with Crippen molar-refractivity contribution < 1.29 is 0 Å². The highest BCUT2D eigenvalue weighted by molar-refractivity contribution is 5.57. The molecule has 3 aromatic rings. The zero-order valence-corrected chi connectivity index (χ0v) is 14.1. The molecule has 0 amide bonds. The molecule has 0 aliphatic heterocycles. The summed E-state index contributed by atoms with van der Waals surface area (Å²) in [5.74, 6) is 1.63. The molecular formula is C19H22N4. The van der Waals surface area contributed by atoms with Crippen molar-refractivity contribution in [2.75, 3.05) is 19.0 Å². The van der Waals surface area contributed by atoms with Crippen LogP contribution >= 0.6 is 0 Å². The van der Waals surface area contributed by atoms with Crippen molar-refractivity contribution in [2.45, 2.75) is 20.4 Å². The van der Waals surface area contributed by atoms with Crippen LogP contribution in [0, 0.1) is 13.8 Å². The smallest absolute Gasteiger partial charge is 0.244 e. The largest absolute Gasteiger partial charge is 0.346 e. The van der Waals surface area contributed by atoms with Crippen LogP contribution in [0.4, 0.5) is 5.95 Å². The van der Waals surface area contributed by atoms with E-state index in [-0.39, 0.29) is 0 Å². The van der Waals surface area contributed by atoms with E-state index in [4.69, 9.17) is 4.98 Å². The van der Waals surface area contributed by atoms with Crippen LogP contribution in [-0.4, -0.2) is 28.9 Å². The molecule has 4 nitrogen and oxygen atoms in total. The Labute approximate surface area is 137 Å². The number of hydrogen-bond donors (Lipinski definition) is 0. The quantitative estimate of drug-likeness (QED) is 0.737. The van der Waals surface area contributed by atoms with Gasteiger partial charge >= 0.3 is 0 Å². The Morgan fingerprint density at radius 3 is 2.00 bits per heavy atom. The van der Waals surface area contributed by atoms with E-state index in [2.05, 4.69) is 67.5 Å². The molecule has 0 saturated heterocycles. The standard InChI is InChI=1S/C19H22N4/c1-14-5-9-16(10-6-14)13-23-18(20-19(21-23)22(3)4)17-11-7-15(2)8-12-17/h5-12H,13H2,1-4H3. The minimum Gasteiger partial charge on any atom is -0.346 e. The lowest BCUT2D eigenvalue weighted by Crippen LogP contribution is -2.11. The molecule has 0 aliphatic rings. The maximum absolute atomic E-state index is 4.70. The van der Waals surface area contributed by atoms with Crippen LogP contribution in [0.5, 0.6) is 0 Å². The van der Waals surface area contributed by atoms with E-state index in [1.807, 2.05) is 23.7 Å². The van der Waals surface area contributed by atoms with Crippen LogP contribution < -0.4 is 4.90 Å². The van der Waals surface area contributed by atoms with E-state index in [1.54, 1.807) is 0 Å².